The van der Waals surface area contributed by atoms with Crippen molar-refractivity contribution in [3.05, 3.63) is 70.7 Å². The average Bonchev–Trinajstić information content (AvgIpc) is 3.06. The molecule has 1 aliphatic carbocycles. The van der Waals surface area contributed by atoms with Gasteiger partial charge in [-0.25, -0.2) is 4.58 Å². The van der Waals surface area contributed by atoms with Crippen molar-refractivity contribution in [3.8, 4) is 0 Å². The van der Waals surface area contributed by atoms with E-state index < -0.39 is 12.1 Å². The zero-order valence-corrected chi connectivity index (χ0v) is 16.4. The molecule has 6 nitrogen and oxygen atoms in total. The molecule has 0 unspecified atom stereocenters. The van der Waals surface area contributed by atoms with E-state index in [9.17, 15) is 18.0 Å². The van der Waals surface area contributed by atoms with Gasteiger partial charge in [-0.3, -0.25) is 4.79 Å². The number of Topliss-reactive ketones (excluding diaryl/α,β-unsaturated/α-hetero) is 1. The van der Waals surface area contributed by atoms with Crippen molar-refractivity contribution in [1.29, 1.82) is 0 Å². The summed E-state index contributed by atoms with van der Waals surface area (Å²) in [6, 6.07) is 10.3. The number of benzene rings is 1. The van der Waals surface area contributed by atoms with Gasteiger partial charge in [-0.15, -0.1) is 0 Å². The summed E-state index contributed by atoms with van der Waals surface area (Å²) >= 11 is 0. The van der Waals surface area contributed by atoms with E-state index in [1.165, 1.54) is 11.1 Å². The SMILES string of the molecule is CNC1=CC2=[N+](C)CCc3cn(Cc4ccccc4)c(c32)C1=O.O=C([O-])C(F)(F)F. The Hall–Kier alpha value is -3.36. The number of nitrogens with one attached hydrogen (secondary N) is 1. The number of carboxylic acids is 1. The molecule has 0 radical (unpaired) electrons. The third-order valence-electron chi connectivity index (χ3n) is 4.98. The summed E-state index contributed by atoms with van der Waals surface area (Å²) < 4.78 is 35.9. The Morgan fingerprint density at radius 3 is 2.47 bits per heavy atom. The molecule has 0 saturated carbocycles. The van der Waals surface area contributed by atoms with Gasteiger partial charge in [0.2, 0.25) is 11.5 Å². The summed E-state index contributed by atoms with van der Waals surface area (Å²) in [4.78, 5) is 21.7. The van der Waals surface area contributed by atoms with Crippen LogP contribution < -0.4 is 10.4 Å². The number of carbonyl (C=O) groups is 2. The maximum absolute atomic E-state index is 12.9. The number of likely N-dealkylation sites (N-methyl/N-ethyl adjacent to an activating group) is 2. The smallest absolute Gasteiger partial charge is 0.430 e. The zero-order valence-electron chi connectivity index (χ0n) is 16.4. The number of aromatic nitrogens is 1. The number of hydrogen-bond donors (Lipinski definition) is 1. The lowest BCUT2D eigenvalue weighted by Gasteiger charge is -2.19. The van der Waals surface area contributed by atoms with Crippen LogP contribution in [0.5, 0.6) is 0 Å². The monoisotopic (exact) mass is 419 g/mol. The van der Waals surface area contributed by atoms with Crippen molar-refractivity contribution in [3.63, 3.8) is 0 Å². The second kappa shape index (κ2) is 8.17. The summed E-state index contributed by atoms with van der Waals surface area (Å²) in [5.41, 5.74) is 6.25. The van der Waals surface area contributed by atoms with Crippen molar-refractivity contribution in [2.24, 2.45) is 0 Å². The topological polar surface area (TPSA) is 77.2 Å². The highest BCUT2D eigenvalue weighted by molar-refractivity contribution is 6.24. The number of alkyl halides is 3. The molecule has 0 bridgehead atoms. The Morgan fingerprint density at radius 2 is 1.90 bits per heavy atom. The van der Waals surface area contributed by atoms with Gasteiger partial charge < -0.3 is 19.8 Å². The summed E-state index contributed by atoms with van der Waals surface area (Å²) in [7, 11) is 3.90. The molecule has 158 valence electrons. The van der Waals surface area contributed by atoms with Crippen LogP contribution >= 0.6 is 0 Å². The predicted octanol–water partition coefficient (Wildman–Crippen LogP) is 1.12. The summed E-state index contributed by atoms with van der Waals surface area (Å²) in [5, 5.41) is 11.8. The normalized spacial score (nSPS) is 15.1. The molecule has 1 aliphatic heterocycles. The maximum atomic E-state index is 12.9. The molecule has 2 heterocycles. The molecule has 9 heteroatoms. The first kappa shape index (κ1) is 21.4. The Labute approximate surface area is 170 Å². The van der Waals surface area contributed by atoms with Crippen molar-refractivity contribution in [2.45, 2.75) is 19.1 Å². The predicted molar refractivity (Wildman–Crippen MR) is 101 cm³/mol. The highest BCUT2D eigenvalue weighted by atomic mass is 19.4. The second-order valence-corrected chi connectivity index (χ2v) is 6.97. The van der Waals surface area contributed by atoms with Crippen LogP contribution in [0.25, 0.3) is 0 Å². The van der Waals surface area contributed by atoms with E-state index in [0.29, 0.717) is 5.70 Å². The molecule has 0 atom stereocenters. The molecule has 1 N–H and O–H groups in total. The largest absolute Gasteiger partial charge is 0.542 e. The lowest BCUT2D eigenvalue weighted by atomic mass is 9.92. The van der Waals surface area contributed by atoms with E-state index in [1.54, 1.807) is 0 Å². The Morgan fingerprint density at radius 1 is 1.27 bits per heavy atom. The molecule has 0 fully saturated rings. The second-order valence-electron chi connectivity index (χ2n) is 6.97. The Bertz CT molecular complexity index is 1050. The molecule has 0 amide bonds. The van der Waals surface area contributed by atoms with E-state index in [2.05, 4.69) is 39.8 Å². The van der Waals surface area contributed by atoms with Gasteiger partial charge in [0.05, 0.1) is 11.3 Å². The molecule has 2 aromatic rings. The minimum atomic E-state index is -5.19. The number of ketones is 1. The quantitative estimate of drug-likeness (QED) is 0.757. The van der Waals surface area contributed by atoms with Gasteiger partial charge in [0.15, 0.2) is 0 Å². The maximum Gasteiger partial charge on any atom is 0.430 e. The van der Waals surface area contributed by atoms with Gasteiger partial charge >= 0.3 is 6.18 Å². The average molecular weight is 419 g/mol. The molecule has 1 aromatic heterocycles. The van der Waals surface area contributed by atoms with Gasteiger partial charge in [0, 0.05) is 32.3 Å². The number of allylic oxidation sites excluding steroid dienone is 2. The standard InChI is InChI=1S/C19H19N3O.C2HF3O2/c1-20-15-10-16-17-14(8-9-21(16)2)12-22(18(17)19(15)23)11-13-6-4-3-5-7-13;3-2(4,5)1(6)7/h3-7,10,12H,8-9,11H2,1-2H3;(H,6,7). The summed E-state index contributed by atoms with van der Waals surface area (Å²) in [6.07, 6.45) is -0.0602. The van der Waals surface area contributed by atoms with Crippen LogP contribution in [0.1, 0.15) is 27.2 Å². The Balaban J connectivity index is 0.000000318. The van der Waals surface area contributed by atoms with Crippen LogP contribution in [0, 0.1) is 0 Å². The first-order chi connectivity index (χ1) is 14.1. The van der Waals surface area contributed by atoms with Crippen LogP contribution in [0.4, 0.5) is 13.2 Å². The van der Waals surface area contributed by atoms with Crippen molar-refractivity contribution in [2.75, 3.05) is 20.6 Å². The van der Waals surface area contributed by atoms with Crippen molar-refractivity contribution < 1.29 is 32.4 Å². The summed E-state index contributed by atoms with van der Waals surface area (Å²) in [6.45, 7) is 1.71. The highest BCUT2D eigenvalue weighted by Gasteiger charge is 2.36. The van der Waals surface area contributed by atoms with Crippen molar-refractivity contribution >= 4 is 17.5 Å². The number of halogens is 3. The first-order valence-corrected chi connectivity index (χ1v) is 9.20. The molecule has 1 aromatic carbocycles. The van der Waals surface area contributed by atoms with E-state index in [0.717, 1.165) is 36.5 Å². The van der Waals surface area contributed by atoms with Crippen LogP contribution in [0.2, 0.25) is 0 Å². The molecule has 4 rings (SSSR count). The van der Waals surface area contributed by atoms with E-state index in [4.69, 9.17) is 9.90 Å². The van der Waals surface area contributed by atoms with Crippen LogP contribution in [-0.2, 0) is 17.8 Å². The molecular weight excluding hydrogens is 399 g/mol. The molecule has 0 spiro atoms. The molecule has 0 saturated heterocycles. The van der Waals surface area contributed by atoms with E-state index in [-0.39, 0.29) is 5.78 Å². The van der Waals surface area contributed by atoms with Gasteiger partial charge in [-0.1, -0.05) is 30.3 Å². The molecular formula is C21H20F3N3O3. The fraction of sp³-hybridized carbons (Fsp3) is 0.286. The minimum absolute atomic E-state index is 0.0868. The highest BCUT2D eigenvalue weighted by Crippen LogP contribution is 2.29. The number of nitrogens with zero attached hydrogens (tertiary/aromatic N) is 2. The number of aliphatic carboxylic acids is 1. The number of hydrogen-bond acceptors (Lipinski definition) is 4. The minimum Gasteiger partial charge on any atom is -0.542 e. The van der Waals surface area contributed by atoms with Crippen LogP contribution in [0.3, 0.4) is 0 Å². The number of rotatable bonds is 3. The molecule has 2 aliphatic rings. The lowest BCUT2D eigenvalue weighted by molar-refractivity contribution is -0.497. The molecule has 30 heavy (non-hydrogen) atoms. The van der Waals surface area contributed by atoms with E-state index in [1.807, 2.05) is 31.3 Å². The fourth-order valence-electron chi connectivity index (χ4n) is 3.53. The van der Waals surface area contributed by atoms with E-state index >= 15 is 0 Å². The van der Waals surface area contributed by atoms with Gasteiger partial charge in [-0.2, -0.15) is 13.2 Å². The summed E-state index contributed by atoms with van der Waals surface area (Å²) in [5.74, 6) is -2.92. The van der Waals surface area contributed by atoms with Crippen LogP contribution in [-0.4, -0.2) is 53.4 Å². The lowest BCUT2D eigenvalue weighted by Crippen LogP contribution is -2.37. The zero-order chi connectivity index (χ0) is 22.1. The van der Waals surface area contributed by atoms with Crippen molar-refractivity contribution in [1.82, 2.24) is 9.88 Å². The van der Waals surface area contributed by atoms with Gasteiger partial charge in [0.25, 0.3) is 0 Å². The number of carboxylic acid groups (broad SMARTS) is 1. The van der Waals surface area contributed by atoms with Crippen LogP contribution in [0.15, 0.2) is 48.3 Å². The Kier molecular flexibility index (Phi) is 5.82. The first-order valence-electron chi connectivity index (χ1n) is 9.20. The number of carbonyl (C=O) groups excluding carboxylic acids is 2. The fourth-order valence-corrected chi connectivity index (χ4v) is 3.53. The van der Waals surface area contributed by atoms with Gasteiger partial charge in [-0.05, 0) is 11.1 Å². The van der Waals surface area contributed by atoms with Gasteiger partial charge in [0.1, 0.15) is 25.3 Å². The third-order valence-corrected chi connectivity index (χ3v) is 4.98. The third kappa shape index (κ3) is 4.14.